The lowest BCUT2D eigenvalue weighted by atomic mass is 9.79. The van der Waals surface area contributed by atoms with E-state index in [1.165, 1.54) is 5.56 Å². The Morgan fingerprint density at radius 3 is 1.88 bits per heavy atom. The van der Waals surface area contributed by atoms with Gasteiger partial charge in [-0.3, -0.25) is 4.79 Å². The van der Waals surface area contributed by atoms with Crippen molar-refractivity contribution in [2.24, 2.45) is 5.92 Å². The maximum Gasteiger partial charge on any atom is 0.150 e. The molecule has 1 saturated carbocycles. The van der Waals surface area contributed by atoms with Crippen LogP contribution in [0.3, 0.4) is 0 Å². The molecule has 3 heteroatoms. The molecular weight excluding hydrogens is 300 g/mol. The Morgan fingerprint density at radius 2 is 1.54 bits per heavy atom. The first-order chi connectivity index (χ1) is 11.4. The van der Waals surface area contributed by atoms with Gasteiger partial charge in [-0.2, -0.15) is 0 Å². The molecule has 1 aliphatic rings. The number of benzene rings is 1. The first-order valence-electron chi connectivity index (χ1n) is 9.10. The molecule has 0 amide bonds. The lowest BCUT2D eigenvalue weighted by molar-refractivity contribution is 0.0397. The molecule has 1 aliphatic carbocycles. The van der Waals surface area contributed by atoms with Crippen molar-refractivity contribution in [1.82, 2.24) is 0 Å². The summed E-state index contributed by atoms with van der Waals surface area (Å²) in [5.74, 6) is 1.12. The third-order valence-electron chi connectivity index (χ3n) is 4.26. The van der Waals surface area contributed by atoms with Gasteiger partial charge < -0.3 is 9.84 Å². The molecule has 1 N–H and O–H groups in total. The quantitative estimate of drug-likeness (QED) is 0.769. The molecule has 1 fully saturated rings. The van der Waals surface area contributed by atoms with Crippen LogP contribution in [0.5, 0.6) is 0 Å². The first-order valence-corrected chi connectivity index (χ1v) is 9.10. The molecule has 0 radical (unpaired) electrons. The number of aldehydes is 1. The van der Waals surface area contributed by atoms with Crippen LogP contribution in [-0.2, 0) is 4.74 Å². The van der Waals surface area contributed by atoms with Gasteiger partial charge in [0.1, 0.15) is 6.29 Å². The standard InChI is InChI=1S/C14H18O2.C5H12O.C2H6/c15-9-11-1-5-13(6-2-11)14-7-3-12(10-16)4-8-14;1-5(2,3)6-4;1-2/h1-2,5-6,9,12,14,16H,3-4,7-8,10H2;1-4H3;1-2H3. The van der Waals surface area contributed by atoms with Crippen LogP contribution in [-0.4, -0.2) is 30.7 Å². The number of methoxy groups -OCH3 is 1. The summed E-state index contributed by atoms with van der Waals surface area (Å²) in [5.41, 5.74) is 2.12. The molecule has 0 aliphatic heterocycles. The fourth-order valence-corrected chi connectivity index (χ4v) is 2.53. The molecule has 3 nitrogen and oxygen atoms in total. The van der Waals surface area contributed by atoms with E-state index in [-0.39, 0.29) is 5.60 Å². The van der Waals surface area contributed by atoms with Gasteiger partial charge in [0.05, 0.1) is 5.60 Å². The number of rotatable bonds is 3. The zero-order chi connectivity index (χ0) is 18.6. The van der Waals surface area contributed by atoms with Crippen molar-refractivity contribution in [3.8, 4) is 0 Å². The van der Waals surface area contributed by atoms with E-state index in [1.54, 1.807) is 7.11 Å². The van der Waals surface area contributed by atoms with E-state index < -0.39 is 0 Å². The third-order valence-corrected chi connectivity index (χ3v) is 4.26. The van der Waals surface area contributed by atoms with E-state index in [2.05, 4.69) is 12.1 Å². The summed E-state index contributed by atoms with van der Waals surface area (Å²) in [5, 5.41) is 9.08. The highest BCUT2D eigenvalue weighted by molar-refractivity contribution is 5.74. The van der Waals surface area contributed by atoms with Crippen molar-refractivity contribution in [3.05, 3.63) is 35.4 Å². The van der Waals surface area contributed by atoms with E-state index in [1.807, 2.05) is 46.8 Å². The summed E-state index contributed by atoms with van der Waals surface area (Å²) < 4.78 is 4.94. The summed E-state index contributed by atoms with van der Waals surface area (Å²) in [6, 6.07) is 7.91. The lowest BCUT2D eigenvalue weighted by Crippen LogP contribution is -2.16. The predicted octanol–water partition coefficient (Wildman–Crippen LogP) is 5.22. The zero-order valence-corrected chi connectivity index (χ0v) is 16.3. The smallest absolute Gasteiger partial charge is 0.150 e. The van der Waals surface area contributed by atoms with E-state index in [0.717, 1.165) is 37.5 Å². The number of carbonyl (C=O) groups excluding carboxylic acids is 1. The molecule has 0 spiro atoms. The number of aliphatic hydroxyl groups excluding tert-OH is 1. The molecule has 1 aromatic carbocycles. The third kappa shape index (κ3) is 9.19. The minimum Gasteiger partial charge on any atom is -0.396 e. The number of ether oxygens (including phenoxy) is 1. The summed E-state index contributed by atoms with van der Waals surface area (Å²) in [7, 11) is 1.71. The second-order valence-corrected chi connectivity index (χ2v) is 7.00. The Kier molecular flexibility index (Phi) is 11.6. The van der Waals surface area contributed by atoms with Gasteiger partial charge in [-0.1, -0.05) is 38.1 Å². The SMILES string of the molecule is CC.COC(C)(C)C.O=Cc1ccc(C2CCC(CO)CC2)cc1. The maximum atomic E-state index is 10.5. The van der Waals surface area contributed by atoms with Crippen LogP contribution in [0.1, 0.15) is 82.1 Å². The summed E-state index contributed by atoms with van der Waals surface area (Å²) >= 11 is 0. The lowest BCUT2D eigenvalue weighted by Gasteiger charge is -2.27. The van der Waals surface area contributed by atoms with Gasteiger partial charge in [0.15, 0.2) is 0 Å². The van der Waals surface area contributed by atoms with Gasteiger partial charge in [0.2, 0.25) is 0 Å². The zero-order valence-electron chi connectivity index (χ0n) is 16.3. The molecule has 2 rings (SSSR count). The van der Waals surface area contributed by atoms with Gasteiger partial charge in [-0.25, -0.2) is 0 Å². The van der Waals surface area contributed by atoms with Crippen LogP contribution >= 0.6 is 0 Å². The Bertz CT molecular complexity index is 423. The van der Waals surface area contributed by atoms with Crippen LogP contribution in [0.25, 0.3) is 0 Å². The molecule has 0 bridgehead atoms. The molecule has 0 aromatic heterocycles. The molecule has 138 valence electrons. The number of hydrogen-bond acceptors (Lipinski definition) is 3. The van der Waals surface area contributed by atoms with Crippen LogP contribution in [0.15, 0.2) is 24.3 Å². The van der Waals surface area contributed by atoms with E-state index in [9.17, 15) is 4.79 Å². The van der Waals surface area contributed by atoms with Crippen molar-refractivity contribution in [2.75, 3.05) is 13.7 Å². The van der Waals surface area contributed by atoms with Gasteiger partial charge in [0.25, 0.3) is 0 Å². The Morgan fingerprint density at radius 1 is 1.08 bits per heavy atom. The topological polar surface area (TPSA) is 46.5 Å². The average molecular weight is 337 g/mol. The molecule has 0 unspecified atom stereocenters. The van der Waals surface area contributed by atoms with Gasteiger partial charge in [-0.05, 0) is 63.9 Å². The second kappa shape index (κ2) is 12.2. The van der Waals surface area contributed by atoms with Crippen LogP contribution < -0.4 is 0 Å². The summed E-state index contributed by atoms with van der Waals surface area (Å²) in [6.07, 6.45) is 5.44. The summed E-state index contributed by atoms with van der Waals surface area (Å²) in [6.45, 7) is 10.4. The van der Waals surface area contributed by atoms with Crippen molar-refractivity contribution in [1.29, 1.82) is 0 Å². The maximum absolute atomic E-state index is 10.5. The second-order valence-electron chi connectivity index (χ2n) is 7.00. The molecule has 0 atom stereocenters. The molecule has 1 aromatic rings. The van der Waals surface area contributed by atoms with Crippen molar-refractivity contribution in [3.63, 3.8) is 0 Å². The highest BCUT2D eigenvalue weighted by Gasteiger charge is 2.21. The average Bonchev–Trinajstić information content (AvgIpc) is 2.63. The largest absolute Gasteiger partial charge is 0.396 e. The number of hydrogen-bond donors (Lipinski definition) is 1. The van der Waals surface area contributed by atoms with Gasteiger partial charge in [-0.15, -0.1) is 0 Å². The minimum absolute atomic E-state index is 0.0417. The Hall–Kier alpha value is -1.19. The normalized spacial score (nSPS) is 20.1. The Balaban J connectivity index is 0.000000563. The fourth-order valence-electron chi connectivity index (χ4n) is 2.53. The van der Waals surface area contributed by atoms with Crippen LogP contribution in [0, 0.1) is 5.92 Å². The molecule has 0 saturated heterocycles. The first kappa shape index (κ1) is 22.8. The highest BCUT2D eigenvalue weighted by atomic mass is 16.5. The molecular formula is C21H36O3. The Labute approximate surface area is 148 Å². The van der Waals surface area contributed by atoms with E-state index in [0.29, 0.717) is 18.4 Å². The van der Waals surface area contributed by atoms with Crippen molar-refractivity contribution < 1.29 is 14.6 Å². The van der Waals surface area contributed by atoms with Gasteiger partial charge in [0, 0.05) is 19.3 Å². The van der Waals surface area contributed by atoms with E-state index >= 15 is 0 Å². The monoisotopic (exact) mass is 336 g/mol. The number of aliphatic hydroxyl groups is 1. The van der Waals surface area contributed by atoms with Crippen LogP contribution in [0.2, 0.25) is 0 Å². The van der Waals surface area contributed by atoms with Gasteiger partial charge >= 0.3 is 0 Å². The van der Waals surface area contributed by atoms with Crippen molar-refractivity contribution in [2.45, 2.75) is 71.8 Å². The summed E-state index contributed by atoms with van der Waals surface area (Å²) in [4.78, 5) is 10.5. The molecule has 24 heavy (non-hydrogen) atoms. The van der Waals surface area contributed by atoms with Crippen molar-refractivity contribution >= 4 is 6.29 Å². The number of carbonyl (C=O) groups is 1. The van der Waals surface area contributed by atoms with Crippen LogP contribution in [0.4, 0.5) is 0 Å². The molecule has 0 heterocycles. The fraction of sp³-hybridized carbons (Fsp3) is 0.667. The predicted molar refractivity (Wildman–Crippen MR) is 102 cm³/mol. The highest BCUT2D eigenvalue weighted by Crippen LogP contribution is 2.35. The minimum atomic E-state index is 0.0417. The van der Waals surface area contributed by atoms with E-state index in [4.69, 9.17) is 9.84 Å².